The molecule has 0 atom stereocenters. The van der Waals surface area contributed by atoms with Gasteiger partial charge in [0.05, 0.1) is 33.1 Å². The van der Waals surface area contributed by atoms with E-state index in [2.05, 4.69) is 75.0 Å². The van der Waals surface area contributed by atoms with Gasteiger partial charge >= 0.3 is 6.09 Å². The molecule has 0 saturated heterocycles. The number of nitrogens with two attached hydrogens (primary N) is 1. The van der Waals surface area contributed by atoms with E-state index in [-0.39, 0.29) is 6.09 Å². The third-order valence-corrected chi connectivity index (χ3v) is 6.61. The summed E-state index contributed by atoms with van der Waals surface area (Å²) in [5.74, 6) is 0.776. The minimum atomic E-state index is -0.514. The second-order valence-electron chi connectivity index (χ2n) is 10.4. The highest BCUT2D eigenvalue weighted by Gasteiger charge is 2.22. The Labute approximate surface area is 299 Å². The van der Waals surface area contributed by atoms with Gasteiger partial charge in [-0.2, -0.15) is 0 Å². The number of ether oxygens (including phenoxy) is 4. The maximum Gasteiger partial charge on any atom is 0.410 e. The van der Waals surface area contributed by atoms with E-state index < -0.39 is 5.60 Å². The summed E-state index contributed by atoms with van der Waals surface area (Å²) in [5.41, 5.74) is 6.63. The minimum Gasteiger partial charge on any atom is -0.495 e. The zero-order valence-electron chi connectivity index (χ0n) is 27.9. The van der Waals surface area contributed by atoms with Crippen molar-refractivity contribution in [2.75, 3.05) is 54.2 Å². The lowest BCUT2D eigenvalue weighted by atomic mass is 10.2. The first-order chi connectivity index (χ1) is 21.9. The lowest BCUT2D eigenvalue weighted by molar-refractivity contribution is 0.0183. The zero-order chi connectivity index (χ0) is 34.8. The van der Waals surface area contributed by atoms with Gasteiger partial charge in [-0.15, -0.1) is 0 Å². The van der Waals surface area contributed by atoms with Crippen molar-refractivity contribution in [2.24, 2.45) is 5.73 Å². The Morgan fingerprint density at radius 3 is 1.78 bits per heavy atom. The number of methoxy groups -OCH3 is 3. The van der Waals surface area contributed by atoms with Crippen molar-refractivity contribution < 1.29 is 23.7 Å². The number of carbonyl (C=O) groups is 1. The zero-order valence-corrected chi connectivity index (χ0v) is 32.7. The fraction of sp³-hybridized carbons (Fsp3) is 0.500. The summed E-state index contributed by atoms with van der Waals surface area (Å²) in [4.78, 5) is 26.0. The molecule has 0 radical (unpaired) electrons. The number of aromatic nitrogens is 3. The molecule has 0 spiro atoms. The molecule has 0 unspecified atom stereocenters. The monoisotopic (exact) mass is 834 g/mol. The first-order valence-corrected chi connectivity index (χ1v) is 17.0. The molecule has 3 heterocycles. The van der Waals surface area contributed by atoms with E-state index in [0.717, 1.165) is 57.8 Å². The second kappa shape index (κ2) is 26.8. The van der Waals surface area contributed by atoms with Crippen molar-refractivity contribution >= 4 is 53.9 Å². The van der Waals surface area contributed by atoms with E-state index in [1.807, 2.05) is 63.4 Å². The first kappa shape index (κ1) is 43.8. The highest BCUT2D eigenvalue weighted by Crippen LogP contribution is 2.14. The molecule has 3 rings (SSSR count). The molecular formula is C32H49Br3N6O5. The number of nitrogens with zero attached hydrogens (tertiary/aromatic N) is 4. The van der Waals surface area contributed by atoms with Crippen LogP contribution < -0.4 is 15.8 Å². The van der Waals surface area contributed by atoms with E-state index in [9.17, 15) is 4.79 Å². The van der Waals surface area contributed by atoms with Gasteiger partial charge in [0.25, 0.3) is 0 Å². The smallest absolute Gasteiger partial charge is 0.410 e. The van der Waals surface area contributed by atoms with E-state index in [4.69, 9.17) is 24.7 Å². The number of rotatable bonds is 12. The normalized spacial score (nSPS) is 10.2. The largest absolute Gasteiger partial charge is 0.495 e. The van der Waals surface area contributed by atoms with Gasteiger partial charge in [0.2, 0.25) is 0 Å². The van der Waals surface area contributed by atoms with Crippen LogP contribution in [-0.4, -0.2) is 85.7 Å². The topological polar surface area (TPSA) is 134 Å². The summed E-state index contributed by atoms with van der Waals surface area (Å²) in [5, 5.41) is 3.24. The molecule has 46 heavy (non-hydrogen) atoms. The summed E-state index contributed by atoms with van der Waals surface area (Å²) in [6.45, 7) is 12.2. The van der Waals surface area contributed by atoms with Crippen LogP contribution in [0.15, 0.2) is 68.8 Å². The number of hydrogen-bond donors (Lipinski definition) is 2. The maximum absolute atomic E-state index is 12.2. The van der Waals surface area contributed by atoms with E-state index >= 15 is 0 Å². The van der Waals surface area contributed by atoms with Gasteiger partial charge in [0.1, 0.15) is 25.2 Å². The molecule has 0 bridgehead atoms. The predicted octanol–water partition coefficient (Wildman–Crippen LogP) is 7.02. The molecular weight excluding hydrogens is 788 g/mol. The average Bonchev–Trinajstić information content (AvgIpc) is 3.03. The molecule has 0 aliphatic heterocycles. The highest BCUT2D eigenvalue weighted by atomic mass is 79.9. The van der Waals surface area contributed by atoms with E-state index in [0.29, 0.717) is 19.7 Å². The van der Waals surface area contributed by atoms with Gasteiger partial charge in [-0.05, 0) is 117 Å². The van der Waals surface area contributed by atoms with Crippen LogP contribution in [0.4, 0.5) is 4.79 Å². The quantitative estimate of drug-likeness (QED) is 0.145. The number of nitrogens with one attached hydrogen (secondary N) is 1. The van der Waals surface area contributed by atoms with Crippen molar-refractivity contribution in [1.82, 2.24) is 25.2 Å². The Morgan fingerprint density at radius 1 is 0.848 bits per heavy atom. The van der Waals surface area contributed by atoms with Gasteiger partial charge in [-0.3, -0.25) is 0 Å². The standard InChI is InChI=1S/C14H21BrN2O3.C9H13BrN2O.C6H6BrNO.C3H9N/c1-14(2,3)20-13(18)17(7-8-19-4)10-11-5-6-12(15)16-9-11;1-13-5-4-11-6-8-2-3-9(10)12-7-8;1-9-5-2-3-6(7)8-4-5;1-2-3-4/h5-6,9H,7-8,10H2,1-4H3;2-3,7,11H,4-6H2,1H3;2-4H,1H3;2-4H2,1H3. The van der Waals surface area contributed by atoms with Crippen LogP contribution >= 0.6 is 47.8 Å². The molecule has 258 valence electrons. The van der Waals surface area contributed by atoms with Crippen LogP contribution in [0.5, 0.6) is 5.75 Å². The summed E-state index contributed by atoms with van der Waals surface area (Å²) >= 11 is 9.78. The molecule has 1 amide bonds. The van der Waals surface area contributed by atoms with Crippen LogP contribution in [0.25, 0.3) is 0 Å². The molecule has 14 heteroatoms. The summed E-state index contributed by atoms with van der Waals surface area (Å²) < 4.78 is 22.7. The molecule has 3 N–H and O–H groups in total. The van der Waals surface area contributed by atoms with Crippen LogP contribution in [0.1, 0.15) is 45.2 Å². The van der Waals surface area contributed by atoms with Crippen molar-refractivity contribution in [3.05, 3.63) is 79.9 Å². The summed E-state index contributed by atoms with van der Waals surface area (Å²) in [6, 6.07) is 11.4. The Kier molecular flexibility index (Phi) is 25.5. The lowest BCUT2D eigenvalue weighted by Gasteiger charge is -2.27. The number of halogens is 3. The summed E-state index contributed by atoms with van der Waals surface area (Å²) in [7, 11) is 4.92. The van der Waals surface area contributed by atoms with E-state index in [1.165, 1.54) is 5.56 Å². The maximum atomic E-state index is 12.2. The van der Waals surface area contributed by atoms with Crippen LogP contribution in [0, 0.1) is 0 Å². The van der Waals surface area contributed by atoms with Crippen molar-refractivity contribution in [1.29, 1.82) is 0 Å². The van der Waals surface area contributed by atoms with Gasteiger partial charge in [0.15, 0.2) is 0 Å². The second-order valence-corrected chi connectivity index (χ2v) is 12.8. The molecule has 0 aliphatic rings. The van der Waals surface area contributed by atoms with Gasteiger partial charge in [-0.1, -0.05) is 19.1 Å². The summed E-state index contributed by atoms with van der Waals surface area (Å²) in [6.07, 6.45) is 5.99. The van der Waals surface area contributed by atoms with Crippen molar-refractivity contribution in [3.63, 3.8) is 0 Å². The fourth-order valence-corrected chi connectivity index (χ4v) is 3.59. The molecule has 0 saturated carbocycles. The Morgan fingerprint density at radius 2 is 1.37 bits per heavy atom. The lowest BCUT2D eigenvalue weighted by Crippen LogP contribution is -2.38. The molecule has 11 nitrogen and oxygen atoms in total. The number of carbonyl (C=O) groups excluding carboxylic acids is 1. The minimum absolute atomic E-state index is 0.350. The number of pyridine rings is 3. The molecule has 3 aromatic rings. The third kappa shape index (κ3) is 24.0. The third-order valence-electron chi connectivity index (χ3n) is 5.20. The highest BCUT2D eigenvalue weighted by molar-refractivity contribution is 9.11. The fourth-order valence-electron chi connectivity index (χ4n) is 2.88. The Balaban J connectivity index is 0.000000665. The molecule has 0 aromatic carbocycles. The first-order valence-electron chi connectivity index (χ1n) is 14.6. The van der Waals surface area contributed by atoms with Crippen LogP contribution in [0.2, 0.25) is 0 Å². The van der Waals surface area contributed by atoms with Gasteiger partial charge in [-0.25, -0.2) is 19.7 Å². The van der Waals surface area contributed by atoms with Gasteiger partial charge in [0, 0.05) is 46.2 Å². The number of hydrogen-bond acceptors (Lipinski definition) is 10. The van der Waals surface area contributed by atoms with E-state index in [1.54, 1.807) is 38.6 Å². The molecule has 3 aromatic heterocycles. The van der Waals surface area contributed by atoms with Crippen molar-refractivity contribution in [3.8, 4) is 5.75 Å². The Hall–Kier alpha value is -2.20. The average molecular weight is 837 g/mol. The molecule has 0 fully saturated rings. The SMILES string of the molecule is CCCN.COCCN(Cc1ccc(Br)nc1)C(=O)OC(C)(C)C.COCCNCc1ccc(Br)nc1.COc1ccc(Br)nc1. The van der Waals surface area contributed by atoms with Crippen LogP contribution in [0.3, 0.4) is 0 Å². The molecule has 0 aliphatic carbocycles. The van der Waals surface area contributed by atoms with Gasteiger partial charge < -0.3 is 34.9 Å². The number of amides is 1. The van der Waals surface area contributed by atoms with Crippen molar-refractivity contribution in [2.45, 2.75) is 52.8 Å². The van der Waals surface area contributed by atoms with Crippen LogP contribution in [-0.2, 0) is 27.3 Å². The Bertz CT molecular complexity index is 1170. The predicted molar refractivity (Wildman–Crippen MR) is 194 cm³/mol.